The SMILES string of the molecule is C1=CCCC(c2nc(-c3ccccc3)cc(-c3cccc4oc5cc(-n6c7ccc(-c8ccccc8)cc7c7cc(-c8ccccc8)ccc76)ccc5c34)n2)=C1. The fourth-order valence-corrected chi connectivity index (χ4v) is 8.36. The summed E-state index contributed by atoms with van der Waals surface area (Å²) in [5.41, 5.74) is 14.8. The zero-order chi connectivity index (χ0) is 37.0. The highest BCUT2D eigenvalue weighted by Crippen LogP contribution is 2.41. The Balaban J connectivity index is 1.09. The molecule has 0 fully saturated rings. The predicted octanol–water partition coefficient (Wildman–Crippen LogP) is 13.9. The summed E-state index contributed by atoms with van der Waals surface area (Å²) in [5, 5.41) is 4.53. The lowest BCUT2D eigenvalue weighted by Crippen LogP contribution is -2.00. The third kappa shape index (κ3) is 5.46. The van der Waals surface area contributed by atoms with E-state index in [-0.39, 0.29) is 0 Å². The van der Waals surface area contributed by atoms with Gasteiger partial charge in [0.15, 0.2) is 5.82 Å². The normalized spacial score (nSPS) is 12.9. The van der Waals surface area contributed by atoms with E-state index in [1.165, 1.54) is 33.0 Å². The Labute approximate surface area is 324 Å². The number of hydrogen-bond acceptors (Lipinski definition) is 3. The van der Waals surface area contributed by atoms with Crippen molar-refractivity contribution in [3.05, 3.63) is 194 Å². The van der Waals surface area contributed by atoms with Gasteiger partial charge >= 0.3 is 0 Å². The molecule has 3 aromatic heterocycles. The molecule has 0 bridgehead atoms. The Morgan fingerprint density at radius 1 is 0.482 bits per heavy atom. The third-order valence-electron chi connectivity index (χ3n) is 11.1. The van der Waals surface area contributed by atoms with Crippen LogP contribution in [0.2, 0.25) is 0 Å². The van der Waals surface area contributed by atoms with Gasteiger partial charge in [0.2, 0.25) is 0 Å². The van der Waals surface area contributed by atoms with Gasteiger partial charge in [0.05, 0.1) is 22.4 Å². The van der Waals surface area contributed by atoms with Gasteiger partial charge in [0, 0.05) is 44.4 Å². The van der Waals surface area contributed by atoms with Crippen molar-refractivity contribution in [1.82, 2.24) is 14.5 Å². The minimum atomic E-state index is 0.773. The predicted molar refractivity (Wildman–Crippen MR) is 232 cm³/mol. The first-order valence-corrected chi connectivity index (χ1v) is 19.2. The highest BCUT2D eigenvalue weighted by atomic mass is 16.3. The average Bonchev–Trinajstić information content (AvgIpc) is 3.82. The van der Waals surface area contributed by atoms with Gasteiger partial charge in [-0.3, -0.25) is 0 Å². The van der Waals surface area contributed by atoms with Crippen LogP contribution in [0, 0.1) is 0 Å². The Kier molecular flexibility index (Phi) is 7.59. The van der Waals surface area contributed by atoms with E-state index in [0.29, 0.717) is 0 Å². The smallest absolute Gasteiger partial charge is 0.156 e. The molecule has 0 spiro atoms. The molecule has 0 saturated carbocycles. The summed E-state index contributed by atoms with van der Waals surface area (Å²) in [4.78, 5) is 10.3. The van der Waals surface area contributed by atoms with Crippen molar-refractivity contribution in [2.45, 2.75) is 12.8 Å². The van der Waals surface area contributed by atoms with Crippen molar-refractivity contribution in [1.29, 1.82) is 0 Å². The maximum absolute atomic E-state index is 6.72. The number of hydrogen-bond donors (Lipinski definition) is 0. The van der Waals surface area contributed by atoms with Gasteiger partial charge in [0.25, 0.3) is 0 Å². The van der Waals surface area contributed by atoms with Crippen molar-refractivity contribution in [3.63, 3.8) is 0 Å². The van der Waals surface area contributed by atoms with E-state index in [4.69, 9.17) is 14.4 Å². The van der Waals surface area contributed by atoms with Gasteiger partial charge in [-0.15, -0.1) is 0 Å². The summed E-state index contributed by atoms with van der Waals surface area (Å²) in [6.45, 7) is 0. The number of aromatic nitrogens is 3. The molecule has 0 atom stereocenters. The van der Waals surface area contributed by atoms with Gasteiger partial charge in [-0.25, -0.2) is 9.97 Å². The van der Waals surface area contributed by atoms with E-state index < -0.39 is 0 Å². The molecule has 4 heteroatoms. The zero-order valence-electron chi connectivity index (χ0n) is 30.6. The van der Waals surface area contributed by atoms with Gasteiger partial charge in [-0.05, 0) is 89.2 Å². The van der Waals surface area contributed by atoms with Crippen LogP contribution in [0.3, 0.4) is 0 Å². The highest BCUT2D eigenvalue weighted by Gasteiger charge is 2.20. The molecule has 10 aromatic rings. The number of fused-ring (bicyclic) bond motifs is 6. The topological polar surface area (TPSA) is 43.9 Å². The lowest BCUT2D eigenvalue weighted by molar-refractivity contribution is 0.668. The number of allylic oxidation sites excluding steroid dienone is 4. The third-order valence-corrected chi connectivity index (χ3v) is 11.1. The molecule has 1 aliphatic carbocycles. The maximum atomic E-state index is 6.72. The van der Waals surface area contributed by atoms with Crippen molar-refractivity contribution < 1.29 is 4.42 Å². The van der Waals surface area contributed by atoms with Crippen LogP contribution in [0.1, 0.15) is 18.7 Å². The minimum absolute atomic E-state index is 0.773. The quantitative estimate of drug-likeness (QED) is 0.172. The number of furan rings is 1. The molecule has 56 heavy (non-hydrogen) atoms. The maximum Gasteiger partial charge on any atom is 0.156 e. The van der Waals surface area contributed by atoms with Crippen LogP contribution in [0.5, 0.6) is 0 Å². The van der Waals surface area contributed by atoms with Crippen molar-refractivity contribution in [3.8, 4) is 50.5 Å². The monoisotopic (exact) mass is 717 g/mol. The second-order valence-electron chi connectivity index (χ2n) is 14.5. The minimum Gasteiger partial charge on any atom is -0.456 e. The first kappa shape index (κ1) is 32.2. The first-order chi connectivity index (χ1) is 27.7. The summed E-state index contributed by atoms with van der Waals surface area (Å²) < 4.78 is 9.09. The van der Waals surface area contributed by atoms with Crippen LogP contribution in [0.25, 0.3) is 99.8 Å². The summed E-state index contributed by atoms with van der Waals surface area (Å²) in [7, 11) is 0. The zero-order valence-corrected chi connectivity index (χ0v) is 30.6. The molecular weight excluding hydrogens is 683 g/mol. The van der Waals surface area contributed by atoms with Crippen LogP contribution in [0.4, 0.5) is 0 Å². The fraction of sp³-hybridized carbons (Fsp3) is 0.0385. The molecule has 0 radical (unpaired) electrons. The van der Waals surface area contributed by atoms with E-state index >= 15 is 0 Å². The van der Waals surface area contributed by atoms with E-state index in [1.807, 2.05) is 6.07 Å². The molecule has 0 N–H and O–H groups in total. The molecular formula is C52H35N3O. The molecule has 11 rings (SSSR count). The second-order valence-corrected chi connectivity index (χ2v) is 14.5. The van der Waals surface area contributed by atoms with Gasteiger partial charge in [0.1, 0.15) is 11.2 Å². The summed E-state index contributed by atoms with van der Waals surface area (Å²) in [6.07, 6.45) is 8.35. The summed E-state index contributed by atoms with van der Waals surface area (Å²) in [5.74, 6) is 0.773. The number of rotatable bonds is 6. The summed E-state index contributed by atoms with van der Waals surface area (Å²) in [6, 6.07) is 60.3. The highest BCUT2D eigenvalue weighted by molar-refractivity contribution is 6.14. The van der Waals surface area contributed by atoms with Gasteiger partial charge in [-0.2, -0.15) is 0 Å². The Hall–Kier alpha value is -7.30. The first-order valence-electron chi connectivity index (χ1n) is 19.2. The van der Waals surface area contributed by atoms with Crippen molar-refractivity contribution in [2.75, 3.05) is 0 Å². The van der Waals surface area contributed by atoms with Crippen molar-refractivity contribution in [2.24, 2.45) is 0 Å². The van der Waals surface area contributed by atoms with Crippen LogP contribution < -0.4 is 0 Å². The van der Waals surface area contributed by atoms with E-state index in [2.05, 4.69) is 187 Å². The lowest BCUT2D eigenvalue weighted by atomic mass is 10.00. The van der Waals surface area contributed by atoms with Crippen LogP contribution in [-0.4, -0.2) is 14.5 Å². The molecule has 4 nitrogen and oxygen atoms in total. The molecule has 0 aliphatic heterocycles. The molecule has 0 saturated heterocycles. The van der Waals surface area contributed by atoms with Crippen LogP contribution >= 0.6 is 0 Å². The van der Waals surface area contributed by atoms with Crippen molar-refractivity contribution >= 4 is 49.3 Å². The molecule has 3 heterocycles. The van der Waals surface area contributed by atoms with Crippen LogP contribution in [-0.2, 0) is 0 Å². The van der Waals surface area contributed by atoms with E-state index in [1.54, 1.807) is 0 Å². The fourth-order valence-electron chi connectivity index (χ4n) is 8.36. The van der Waals surface area contributed by atoms with Gasteiger partial charge < -0.3 is 8.98 Å². The number of nitrogens with zero attached hydrogens (tertiary/aromatic N) is 3. The van der Waals surface area contributed by atoms with Gasteiger partial charge in [-0.1, -0.05) is 133 Å². The number of benzene rings is 7. The molecule has 264 valence electrons. The molecule has 0 amide bonds. The van der Waals surface area contributed by atoms with E-state index in [9.17, 15) is 0 Å². The Bertz CT molecular complexity index is 3070. The van der Waals surface area contributed by atoms with Crippen LogP contribution in [0.15, 0.2) is 193 Å². The molecule has 1 aliphatic rings. The average molecular weight is 718 g/mol. The molecule has 7 aromatic carbocycles. The summed E-state index contributed by atoms with van der Waals surface area (Å²) >= 11 is 0. The Morgan fingerprint density at radius 2 is 1.12 bits per heavy atom. The largest absolute Gasteiger partial charge is 0.456 e. The van der Waals surface area contributed by atoms with E-state index in [0.717, 1.165) is 85.4 Å². The second kappa shape index (κ2) is 13.2. The molecule has 0 unspecified atom stereocenters. The standard InChI is InChI=1S/C52H35N3O/c1-5-14-34(15-6-1)38-24-28-47-43(30-38)44-31-39(35-16-7-2-8-17-35)25-29-48(44)55(47)40-26-27-42-50(32-40)56-49-23-13-22-41(51(42)49)46-33-45(36-18-9-3-10-19-36)53-52(54-46)37-20-11-4-12-21-37/h1-11,13-20,22-33H,12,21H2. The lowest BCUT2D eigenvalue weighted by Gasteiger charge is -2.13. The Morgan fingerprint density at radius 3 is 1.77 bits per heavy atom.